The number of anilines is 1. The molecule has 0 fully saturated rings. The smallest absolute Gasteiger partial charge is 0.250 e. The van der Waals surface area contributed by atoms with Gasteiger partial charge < -0.3 is 16.5 Å². The lowest BCUT2D eigenvalue weighted by atomic mass is 10.1. The van der Waals surface area contributed by atoms with E-state index in [0.717, 1.165) is 5.56 Å². The minimum Gasteiger partial charge on any atom is -0.368 e. The maximum absolute atomic E-state index is 11.8. The average Bonchev–Trinajstić information content (AvgIpc) is 2.92. The number of amides is 1. The Morgan fingerprint density at radius 3 is 2.70 bits per heavy atom. The highest BCUT2D eigenvalue weighted by atomic mass is 35.5. The summed E-state index contributed by atoms with van der Waals surface area (Å²) in [5.41, 5.74) is 14.9. The number of hydrogen-bond acceptors (Lipinski definition) is 4. The quantitative estimate of drug-likeness (QED) is 0.686. The lowest BCUT2D eigenvalue weighted by Crippen LogP contribution is -2.11. The van der Waals surface area contributed by atoms with Gasteiger partial charge in [0.15, 0.2) is 0 Å². The molecule has 1 aromatic carbocycles. The monoisotopic (exact) mass is 327 g/mol. The third-order valence-electron chi connectivity index (χ3n) is 3.43. The van der Waals surface area contributed by atoms with E-state index in [1.807, 2.05) is 25.1 Å². The number of benzene rings is 1. The summed E-state index contributed by atoms with van der Waals surface area (Å²) in [7, 11) is 0. The highest BCUT2D eigenvalue weighted by Crippen LogP contribution is 2.33. The second kappa shape index (κ2) is 5.73. The summed E-state index contributed by atoms with van der Waals surface area (Å²) in [5, 5.41) is 0.531. The number of aryl methyl sites for hydroxylation is 1. The van der Waals surface area contributed by atoms with Crippen LogP contribution in [0.2, 0.25) is 5.02 Å². The second-order valence-corrected chi connectivity index (χ2v) is 5.53. The SMILES string of the molecule is Cc1ccc(-c2[nH]c(-c3ccnc(N)n3)cc2C(N)=O)c(Cl)c1. The van der Waals surface area contributed by atoms with Gasteiger partial charge in [0.2, 0.25) is 5.95 Å². The van der Waals surface area contributed by atoms with Gasteiger partial charge in [-0.15, -0.1) is 0 Å². The molecule has 7 heteroatoms. The molecule has 0 radical (unpaired) electrons. The predicted octanol–water partition coefficient (Wildman–Crippen LogP) is 2.78. The molecule has 0 atom stereocenters. The molecule has 0 saturated heterocycles. The van der Waals surface area contributed by atoms with Gasteiger partial charge in [-0.1, -0.05) is 23.7 Å². The first kappa shape index (κ1) is 15.1. The Labute approximate surface area is 137 Å². The number of carbonyl (C=O) groups is 1. The van der Waals surface area contributed by atoms with Crippen molar-refractivity contribution >= 4 is 23.5 Å². The molecule has 3 rings (SSSR count). The first-order chi connectivity index (χ1) is 11.0. The molecule has 0 spiro atoms. The average molecular weight is 328 g/mol. The summed E-state index contributed by atoms with van der Waals surface area (Å²) < 4.78 is 0. The number of primary amides is 1. The van der Waals surface area contributed by atoms with Gasteiger partial charge in [-0.25, -0.2) is 9.97 Å². The summed E-state index contributed by atoms with van der Waals surface area (Å²) >= 11 is 6.30. The molecular formula is C16H14ClN5O. The Balaban J connectivity index is 2.19. The van der Waals surface area contributed by atoms with Gasteiger partial charge >= 0.3 is 0 Å². The van der Waals surface area contributed by atoms with Crippen molar-refractivity contribution in [2.24, 2.45) is 5.73 Å². The minimum absolute atomic E-state index is 0.146. The Morgan fingerprint density at radius 1 is 1.26 bits per heavy atom. The van der Waals surface area contributed by atoms with Crippen molar-refractivity contribution in [3.63, 3.8) is 0 Å². The van der Waals surface area contributed by atoms with Gasteiger partial charge in [-0.05, 0) is 30.7 Å². The largest absolute Gasteiger partial charge is 0.368 e. The zero-order chi connectivity index (χ0) is 16.6. The molecular weight excluding hydrogens is 314 g/mol. The van der Waals surface area contributed by atoms with E-state index < -0.39 is 5.91 Å². The predicted molar refractivity (Wildman–Crippen MR) is 89.9 cm³/mol. The minimum atomic E-state index is -0.554. The molecule has 5 N–H and O–H groups in total. The number of carbonyl (C=O) groups excluding carboxylic acids is 1. The van der Waals surface area contributed by atoms with Crippen molar-refractivity contribution < 1.29 is 4.79 Å². The van der Waals surface area contributed by atoms with Crippen molar-refractivity contribution in [1.82, 2.24) is 15.0 Å². The number of nitrogens with two attached hydrogens (primary N) is 2. The zero-order valence-corrected chi connectivity index (χ0v) is 13.1. The number of hydrogen-bond donors (Lipinski definition) is 3. The molecule has 0 unspecified atom stereocenters. The Hall–Kier alpha value is -2.86. The van der Waals surface area contributed by atoms with Gasteiger partial charge in [-0.2, -0.15) is 0 Å². The number of aromatic nitrogens is 3. The molecule has 1 amide bonds. The molecule has 2 heterocycles. The van der Waals surface area contributed by atoms with Crippen molar-refractivity contribution in [3.05, 3.63) is 52.7 Å². The number of rotatable bonds is 3. The van der Waals surface area contributed by atoms with Gasteiger partial charge in [0.05, 0.1) is 27.7 Å². The summed E-state index contributed by atoms with van der Waals surface area (Å²) in [6.45, 7) is 1.94. The number of nitrogens with one attached hydrogen (secondary N) is 1. The molecule has 116 valence electrons. The van der Waals surface area contributed by atoms with E-state index in [4.69, 9.17) is 23.1 Å². The number of nitrogens with zero attached hydrogens (tertiary/aromatic N) is 2. The third kappa shape index (κ3) is 2.89. The van der Waals surface area contributed by atoms with E-state index in [0.29, 0.717) is 33.2 Å². The molecule has 23 heavy (non-hydrogen) atoms. The van der Waals surface area contributed by atoms with Crippen LogP contribution in [0, 0.1) is 6.92 Å². The molecule has 0 aliphatic carbocycles. The highest BCUT2D eigenvalue weighted by Gasteiger charge is 2.18. The molecule has 0 saturated carbocycles. The molecule has 3 aromatic rings. The number of H-pyrrole nitrogens is 1. The lowest BCUT2D eigenvalue weighted by Gasteiger charge is -2.05. The van der Waals surface area contributed by atoms with E-state index in [1.165, 1.54) is 0 Å². The van der Waals surface area contributed by atoms with Crippen LogP contribution in [0.1, 0.15) is 15.9 Å². The van der Waals surface area contributed by atoms with Gasteiger partial charge in [0.25, 0.3) is 5.91 Å². The topological polar surface area (TPSA) is 111 Å². The first-order valence-electron chi connectivity index (χ1n) is 6.84. The molecule has 0 bridgehead atoms. The van der Waals surface area contributed by atoms with E-state index in [-0.39, 0.29) is 5.95 Å². The zero-order valence-electron chi connectivity index (χ0n) is 12.3. The van der Waals surface area contributed by atoms with Crippen LogP contribution in [0.15, 0.2) is 36.5 Å². The fourth-order valence-electron chi connectivity index (χ4n) is 2.35. The van der Waals surface area contributed by atoms with Crippen molar-refractivity contribution in [2.45, 2.75) is 6.92 Å². The maximum atomic E-state index is 11.8. The molecule has 0 aliphatic heterocycles. The second-order valence-electron chi connectivity index (χ2n) is 5.12. The van der Waals surface area contributed by atoms with Gasteiger partial charge in [0.1, 0.15) is 0 Å². The van der Waals surface area contributed by atoms with Crippen molar-refractivity contribution in [2.75, 3.05) is 5.73 Å². The normalized spacial score (nSPS) is 10.7. The van der Waals surface area contributed by atoms with Gasteiger partial charge in [-0.3, -0.25) is 4.79 Å². The van der Waals surface area contributed by atoms with Crippen LogP contribution in [0.4, 0.5) is 5.95 Å². The first-order valence-corrected chi connectivity index (χ1v) is 7.21. The van der Waals surface area contributed by atoms with Crippen LogP contribution >= 0.6 is 11.6 Å². The molecule has 0 aliphatic rings. The fraction of sp³-hybridized carbons (Fsp3) is 0.0625. The lowest BCUT2D eigenvalue weighted by molar-refractivity contribution is 0.100. The summed E-state index contributed by atoms with van der Waals surface area (Å²) in [6, 6.07) is 8.90. The van der Waals surface area contributed by atoms with E-state index in [2.05, 4.69) is 15.0 Å². The fourth-order valence-corrected chi connectivity index (χ4v) is 2.68. The Bertz CT molecular complexity index is 903. The Morgan fingerprint density at radius 2 is 2.04 bits per heavy atom. The summed E-state index contributed by atoms with van der Waals surface area (Å²) in [5.74, 6) is -0.409. The highest BCUT2D eigenvalue weighted by molar-refractivity contribution is 6.33. The van der Waals surface area contributed by atoms with Crippen LogP contribution in [0.25, 0.3) is 22.6 Å². The summed E-state index contributed by atoms with van der Waals surface area (Å²) in [6.07, 6.45) is 1.54. The van der Waals surface area contributed by atoms with E-state index >= 15 is 0 Å². The van der Waals surface area contributed by atoms with Gasteiger partial charge in [0, 0.05) is 11.8 Å². The van der Waals surface area contributed by atoms with Crippen molar-refractivity contribution in [3.8, 4) is 22.6 Å². The van der Waals surface area contributed by atoms with E-state index in [9.17, 15) is 4.79 Å². The Kier molecular flexibility index (Phi) is 3.75. The van der Waals surface area contributed by atoms with Crippen molar-refractivity contribution in [1.29, 1.82) is 0 Å². The number of aromatic amines is 1. The molecule has 6 nitrogen and oxygen atoms in total. The van der Waals surface area contributed by atoms with E-state index in [1.54, 1.807) is 18.3 Å². The van der Waals surface area contributed by atoms with Crippen LogP contribution in [0.5, 0.6) is 0 Å². The van der Waals surface area contributed by atoms with Crippen LogP contribution < -0.4 is 11.5 Å². The standard InChI is InChI=1S/C16H14ClN5O/c1-8-2-3-9(11(17)6-8)14-10(15(18)23)7-13(21-14)12-4-5-20-16(19)22-12/h2-7,21H,1H3,(H2,18,23)(H2,19,20,22). The molecule has 2 aromatic heterocycles. The van der Waals surface area contributed by atoms with Crippen LogP contribution in [0.3, 0.4) is 0 Å². The number of halogens is 1. The van der Waals surface area contributed by atoms with Crippen LogP contribution in [-0.2, 0) is 0 Å². The summed E-state index contributed by atoms with van der Waals surface area (Å²) in [4.78, 5) is 22.9. The maximum Gasteiger partial charge on any atom is 0.250 e. The van der Waals surface area contributed by atoms with Crippen LogP contribution in [-0.4, -0.2) is 20.9 Å². The number of nitrogen functional groups attached to an aromatic ring is 1. The third-order valence-corrected chi connectivity index (χ3v) is 3.74.